The quantitative estimate of drug-likeness (QED) is 0.603. The Morgan fingerprint density at radius 1 is 1.55 bits per heavy atom. The van der Waals surface area contributed by atoms with Crippen LogP contribution in [0.4, 0.5) is 0 Å². The smallest absolute Gasteiger partial charge is 0.0948 e. The van der Waals surface area contributed by atoms with Gasteiger partial charge in [0.15, 0.2) is 0 Å². The topological polar surface area (TPSA) is 17.8 Å². The van der Waals surface area contributed by atoms with Gasteiger partial charge < -0.3 is 4.57 Å². The highest BCUT2D eigenvalue weighted by atomic mass is 15.0. The summed E-state index contributed by atoms with van der Waals surface area (Å²) >= 11 is 0. The minimum Gasteiger partial charge on any atom is -0.334 e. The normalized spacial score (nSPS) is 11.5. The lowest BCUT2D eigenvalue weighted by Crippen LogP contribution is -1.90. The van der Waals surface area contributed by atoms with Crippen molar-refractivity contribution >= 4 is 0 Å². The van der Waals surface area contributed by atoms with E-state index in [4.69, 9.17) is 0 Å². The standard InChI is InChI=1S/C9H14N2/c1-9(2)4-3-6-11-7-5-10-8-11/h3-5,7-9H,6H2,1-2H3/b4-3+. The molecule has 0 aliphatic rings. The second kappa shape index (κ2) is 3.96. The molecule has 1 heterocycles. The van der Waals surface area contributed by atoms with Gasteiger partial charge in [-0.3, -0.25) is 0 Å². The maximum Gasteiger partial charge on any atom is 0.0948 e. The summed E-state index contributed by atoms with van der Waals surface area (Å²) in [6.45, 7) is 5.27. The first-order chi connectivity index (χ1) is 5.29. The predicted molar refractivity (Wildman–Crippen MR) is 46.2 cm³/mol. The van der Waals surface area contributed by atoms with Crippen molar-refractivity contribution in [1.82, 2.24) is 9.55 Å². The van der Waals surface area contributed by atoms with Crippen LogP contribution < -0.4 is 0 Å². The Labute approximate surface area is 67.6 Å². The molecule has 11 heavy (non-hydrogen) atoms. The van der Waals surface area contributed by atoms with Gasteiger partial charge in [-0.05, 0) is 5.92 Å². The molecule has 1 aromatic rings. The summed E-state index contributed by atoms with van der Waals surface area (Å²) < 4.78 is 2.04. The Kier molecular flexibility index (Phi) is 2.90. The molecule has 0 saturated carbocycles. The summed E-state index contributed by atoms with van der Waals surface area (Å²) in [5.74, 6) is 0.638. The molecule has 0 atom stereocenters. The van der Waals surface area contributed by atoms with Crippen molar-refractivity contribution in [3.63, 3.8) is 0 Å². The molecule has 0 unspecified atom stereocenters. The monoisotopic (exact) mass is 150 g/mol. The average Bonchev–Trinajstić information content (AvgIpc) is 2.39. The molecule has 2 nitrogen and oxygen atoms in total. The molecular formula is C9H14N2. The van der Waals surface area contributed by atoms with Crippen molar-refractivity contribution < 1.29 is 0 Å². The summed E-state index contributed by atoms with van der Waals surface area (Å²) in [6, 6.07) is 0. The zero-order valence-corrected chi connectivity index (χ0v) is 7.07. The molecule has 0 aliphatic carbocycles. The van der Waals surface area contributed by atoms with Crippen LogP contribution in [0.25, 0.3) is 0 Å². The Bertz CT molecular complexity index is 209. The molecule has 1 aromatic heterocycles. The SMILES string of the molecule is CC(C)/C=C/Cn1ccnc1. The first kappa shape index (κ1) is 8.05. The van der Waals surface area contributed by atoms with Gasteiger partial charge in [-0.15, -0.1) is 0 Å². The summed E-state index contributed by atoms with van der Waals surface area (Å²) in [4.78, 5) is 3.95. The number of rotatable bonds is 3. The van der Waals surface area contributed by atoms with Crippen LogP contribution in [-0.2, 0) is 6.54 Å². The minimum absolute atomic E-state index is 0.638. The second-order valence-electron chi connectivity index (χ2n) is 2.93. The fourth-order valence-corrected chi connectivity index (χ4v) is 0.849. The number of imidazole rings is 1. The van der Waals surface area contributed by atoms with Crippen LogP contribution in [0, 0.1) is 5.92 Å². The summed E-state index contributed by atoms with van der Waals surface area (Å²) in [5, 5.41) is 0. The zero-order valence-electron chi connectivity index (χ0n) is 7.07. The van der Waals surface area contributed by atoms with E-state index in [1.165, 1.54) is 0 Å². The highest BCUT2D eigenvalue weighted by molar-refractivity contribution is 4.87. The number of allylic oxidation sites excluding steroid dienone is 2. The van der Waals surface area contributed by atoms with Crippen LogP contribution in [-0.4, -0.2) is 9.55 Å². The van der Waals surface area contributed by atoms with E-state index in [1.54, 1.807) is 6.20 Å². The summed E-state index contributed by atoms with van der Waals surface area (Å²) in [5.41, 5.74) is 0. The molecule has 0 amide bonds. The lowest BCUT2D eigenvalue weighted by Gasteiger charge is -1.95. The van der Waals surface area contributed by atoms with E-state index < -0.39 is 0 Å². The van der Waals surface area contributed by atoms with Crippen LogP contribution >= 0.6 is 0 Å². The molecule has 0 radical (unpaired) electrons. The van der Waals surface area contributed by atoms with Crippen LogP contribution in [0.15, 0.2) is 30.9 Å². The van der Waals surface area contributed by atoms with Gasteiger partial charge in [0, 0.05) is 18.9 Å². The van der Waals surface area contributed by atoms with Gasteiger partial charge in [0.05, 0.1) is 6.33 Å². The first-order valence-corrected chi connectivity index (χ1v) is 3.91. The van der Waals surface area contributed by atoms with Gasteiger partial charge in [0.1, 0.15) is 0 Å². The van der Waals surface area contributed by atoms with E-state index >= 15 is 0 Å². The molecule has 0 N–H and O–H groups in total. The third kappa shape index (κ3) is 3.03. The lowest BCUT2D eigenvalue weighted by molar-refractivity contribution is 0.786. The third-order valence-electron chi connectivity index (χ3n) is 1.40. The summed E-state index contributed by atoms with van der Waals surface area (Å²) in [6.07, 6.45) is 9.94. The molecule has 0 fully saturated rings. The van der Waals surface area contributed by atoms with Gasteiger partial charge in [-0.1, -0.05) is 26.0 Å². The molecule has 0 bridgehead atoms. The van der Waals surface area contributed by atoms with Crippen LogP contribution in [0.5, 0.6) is 0 Å². The minimum atomic E-state index is 0.638. The molecule has 0 saturated heterocycles. The van der Waals surface area contributed by atoms with E-state index in [0.717, 1.165) is 6.54 Å². The van der Waals surface area contributed by atoms with E-state index in [2.05, 4.69) is 31.0 Å². The summed E-state index contributed by atoms with van der Waals surface area (Å²) in [7, 11) is 0. The van der Waals surface area contributed by atoms with Crippen molar-refractivity contribution in [2.75, 3.05) is 0 Å². The molecule has 60 valence electrons. The Morgan fingerprint density at radius 3 is 2.91 bits per heavy atom. The lowest BCUT2D eigenvalue weighted by atomic mass is 10.2. The average molecular weight is 150 g/mol. The van der Waals surface area contributed by atoms with Gasteiger partial charge in [-0.25, -0.2) is 4.98 Å². The molecular weight excluding hydrogens is 136 g/mol. The molecule has 2 heteroatoms. The van der Waals surface area contributed by atoms with Gasteiger partial charge in [0.25, 0.3) is 0 Å². The molecule has 0 aliphatic heterocycles. The number of nitrogens with zero attached hydrogens (tertiary/aromatic N) is 2. The van der Waals surface area contributed by atoms with Gasteiger partial charge in [-0.2, -0.15) is 0 Å². The van der Waals surface area contributed by atoms with Crippen LogP contribution in [0.3, 0.4) is 0 Å². The Hall–Kier alpha value is -1.05. The van der Waals surface area contributed by atoms with Crippen molar-refractivity contribution in [2.24, 2.45) is 5.92 Å². The second-order valence-corrected chi connectivity index (χ2v) is 2.93. The fraction of sp³-hybridized carbons (Fsp3) is 0.444. The highest BCUT2D eigenvalue weighted by Crippen LogP contribution is 1.94. The molecule has 1 rings (SSSR count). The maximum absolute atomic E-state index is 3.95. The number of aromatic nitrogens is 2. The van der Waals surface area contributed by atoms with Crippen molar-refractivity contribution in [1.29, 1.82) is 0 Å². The maximum atomic E-state index is 3.95. The third-order valence-corrected chi connectivity index (χ3v) is 1.40. The zero-order chi connectivity index (χ0) is 8.10. The van der Waals surface area contributed by atoms with Crippen molar-refractivity contribution in [3.05, 3.63) is 30.9 Å². The predicted octanol–water partition coefficient (Wildman–Crippen LogP) is 2.10. The van der Waals surface area contributed by atoms with Crippen molar-refractivity contribution in [2.45, 2.75) is 20.4 Å². The highest BCUT2D eigenvalue weighted by Gasteiger charge is 1.85. The fourth-order valence-electron chi connectivity index (χ4n) is 0.849. The van der Waals surface area contributed by atoms with E-state index in [-0.39, 0.29) is 0 Å². The molecule has 0 aromatic carbocycles. The first-order valence-electron chi connectivity index (χ1n) is 3.91. The van der Waals surface area contributed by atoms with Gasteiger partial charge in [0.2, 0.25) is 0 Å². The van der Waals surface area contributed by atoms with E-state index in [0.29, 0.717) is 5.92 Å². The Balaban J connectivity index is 2.34. The Morgan fingerprint density at radius 2 is 2.36 bits per heavy atom. The number of hydrogen-bond acceptors (Lipinski definition) is 1. The largest absolute Gasteiger partial charge is 0.334 e. The molecule has 0 spiro atoms. The van der Waals surface area contributed by atoms with Crippen molar-refractivity contribution in [3.8, 4) is 0 Å². The van der Waals surface area contributed by atoms with Crippen LogP contribution in [0.1, 0.15) is 13.8 Å². The van der Waals surface area contributed by atoms with E-state index in [9.17, 15) is 0 Å². The number of hydrogen-bond donors (Lipinski definition) is 0. The van der Waals surface area contributed by atoms with Gasteiger partial charge >= 0.3 is 0 Å². The van der Waals surface area contributed by atoms with Crippen LogP contribution in [0.2, 0.25) is 0 Å². The van der Waals surface area contributed by atoms with E-state index in [1.807, 2.05) is 17.1 Å².